The summed E-state index contributed by atoms with van der Waals surface area (Å²) in [5, 5.41) is 5.17. The Morgan fingerprint density at radius 3 is 1.33 bits per heavy atom. The van der Waals surface area contributed by atoms with Crippen LogP contribution < -0.4 is 0 Å². The second-order valence-electron chi connectivity index (χ2n) is 19.3. The fourth-order valence-electron chi connectivity index (χ4n) is 10.8. The van der Waals surface area contributed by atoms with Gasteiger partial charge in [0.2, 0.25) is 0 Å². The molecule has 3 aromatic heterocycles. The molecular formula is C60H48N4. The monoisotopic (exact) mass is 824 g/mol. The zero-order chi connectivity index (χ0) is 43.5. The third-order valence-electron chi connectivity index (χ3n) is 15.5. The van der Waals surface area contributed by atoms with Gasteiger partial charge < -0.3 is 4.40 Å². The summed E-state index contributed by atoms with van der Waals surface area (Å²) in [6.45, 7) is 14.6. The third kappa shape index (κ3) is 5.51. The maximum atomic E-state index is 5.12. The van der Waals surface area contributed by atoms with Crippen molar-refractivity contribution in [2.24, 2.45) is 5.41 Å². The average molecular weight is 825 g/mol. The lowest BCUT2D eigenvalue weighted by Gasteiger charge is -2.44. The van der Waals surface area contributed by atoms with Gasteiger partial charge in [-0.3, -0.25) is 0 Å². The number of benzene rings is 8. The summed E-state index contributed by atoms with van der Waals surface area (Å²) in [6.07, 6.45) is 0. The number of hydrogen-bond acceptors (Lipinski definition) is 3. The highest BCUT2D eigenvalue weighted by molar-refractivity contribution is 6.23. The molecule has 64 heavy (non-hydrogen) atoms. The van der Waals surface area contributed by atoms with Gasteiger partial charge in [-0.05, 0) is 91.1 Å². The minimum Gasteiger partial charge on any atom is -0.308 e. The van der Waals surface area contributed by atoms with Crippen LogP contribution in [-0.2, 0) is 10.8 Å². The summed E-state index contributed by atoms with van der Waals surface area (Å²) in [4.78, 5) is 15.2. The van der Waals surface area contributed by atoms with Crippen molar-refractivity contribution in [3.63, 3.8) is 0 Å². The highest BCUT2D eigenvalue weighted by Gasteiger charge is 2.57. The SMILES string of the molecule is CC1(C)c2cc(-c3ccc(-c4nc(-c5ccccc5)nc(-c5ccc(-c6ccccc6)cc5)n4)cc3)c(-c3ccc4c(c3)c3cccc5c6ccccc6n4c53)cc2C(C)(C)C1(C)C. The molecule has 12 rings (SSSR count). The topological polar surface area (TPSA) is 43.1 Å². The third-order valence-corrected chi connectivity index (χ3v) is 15.5. The zero-order valence-electron chi connectivity index (χ0n) is 37.1. The number of nitrogens with zero attached hydrogens (tertiary/aromatic N) is 4. The zero-order valence-corrected chi connectivity index (χ0v) is 37.1. The van der Waals surface area contributed by atoms with Gasteiger partial charge in [0.05, 0.1) is 16.6 Å². The Kier molecular flexibility index (Phi) is 8.24. The van der Waals surface area contributed by atoms with Gasteiger partial charge in [0.25, 0.3) is 0 Å². The number of fused-ring (bicyclic) bond motifs is 7. The lowest BCUT2D eigenvalue weighted by atomic mass is 9.59. The van der Waals surface area contributed by atoms with E-state index < -0.39 is 0 Å². The average Bonchev–Trinajstić information content (AvgIpc) is 3.89. The first-order valence-electron chi connectivity index (χ1n) is 22.4. The van der Waals surface area contributed by atoms with Gasteiger partial charge in [-0.1, -0.05) is 193 Å². The van der Waals surface area contributed by atoms with Gasteiger partial charge in [0.1, 0.15) is 0 Å². The second kappa shape index (κ2) is 13.8. The number of aromatic nitrogens is 4. The van der Waals surface area contributed by atoms with E-state index in [4.69, 9.17) is 15.0 Å². The Morgan fingerprint density at radius 1 is 0.328 bits per heavy atom. The van der Waals surface area contributed by atoms with Crippen LogP contribution in [0.1, 0.15) is 52.7 Å². The van der Waals surface area contributed by atoms with Crippen LogP contribution in [0.4, 0.5) is 0 Å². The minimum absolute atomic E-state index is 0.0228. The van der Waals surface area contributed by atoms with Gasteiger partial charge in [0.15, 0.2) is 17.5 Å². The van der Waals surface area contributed by atoms with E-state index >= 15 is 0 Å². The molecule has 8 aromatic carbocycles. The normalized spacial score (nSPS) is 15.1. The van der Waals surface area contributed by atoms with Crippen LogP contribution in [0.2, 0.25) is 0 Å². The fraction of sp³-hybridized carbons (Fsp3) is 0.150. The van der Waals surface area contributed by atoms with Crippen molar-refractivity contribution in [3.05, 3.63) is 193 Å². The number of para-hydroxylation sites is 2. The first kappa shape index (κ1) is 38.3. The predicted molar refractivity (Wildman–Crippen MR) is 267 cm³/mol. The van der Waals surface area contributed by atoms with Crippen molar-refractivity contribution < 1.29 is 0 Å². The Morgan fingerprint density at radius 2 is 0.734 bits per heavy atom. The molecule has 0 N–H and O–H groups in total. The summed E-state index contributed by atoms with van der Waals surface area (Å²) >= 11 is 0. The molecule has 0 bridgehead atoms. The van der Waals surface area contributed by atoms with Crippen LogP contribution in [0.25, 0.3) is 106 Å². The molecule has 1 aliphatic carbocycles. The van der Waals surface area contributed by atoms with E-state index in [1.165, 1.54) is 71.5 Å². The minimum atomic E-state index is -0.0500. The second-order valence-corrected chi connectivity index (χ2v) is 19.3. The van der Waals surface area contributed by atoms with E-state index in [1.807, 2.05) is 24.3 Å². The fourth-order valence-corrected chi connectivity index (χ4v) is 10.8. The molecule has 0 saturated heterocycles. The highest BCUT2D eigenvalue weighted by Crippen LogP contribution is 2.62. The first-order valence-corrected chi connectivity index (χ1v) is 22.4. The van der Waals surface area contributed by atoms with E-state index in [-0.39, 0.29) is 16.2 Å². The van der Waals surface area contributed by atoms with E-state index in [2.05, 4.69) is 204 Å². The van der Waals surface area contributed by atoms with E-state index in [9.17, 15) is 0 Å². The molecule has 4 heteroatoms. The van der Waals surface area contributed by atoms with E-state index in [1.54, 1.807) is 0 Å². The quantitative estimate of drug-likeness (QED) is 0.168. The molecule has 0 unspecified atom stereocenters. The highest BCUT2D eigenvalue weighted by atomic mass is 15.0. The Labute approximate surface area is 374 Å². The summed E-state index contributed by atoms with van der Waals surface area (Å²) in [7, 11) is 0. The lowest BCUT2D eigenvalue weighted by molar-refractivity contribution is 0.125. The van der Waals surface area contributed by atoms with Crippen LogP contribution in [-0.4, -0.2) is 19.4 Å². The number of hydrogen-bond donors (Lipinski definition) is 0. The molecular weight excluding hydrogens is 777 g/mol. The van der Waals surface area contributed by atoms with E-state index in [0.29, 0.717) is 17.5 Å². The van der Waals surface area contributed by atoms with Crippen molar-refractivity contribution in [1.82, 2.24) is 19.4 Å². The molecule has 0 atom stereocenters. The molecule has 0 amide bonds. The summed E-state index contributed by atoms with van der Waals surface area (Å²) in [6, 6.07) is 65.7. The first-order chi connectivity index (χ1) is 31.0. The molecule has 11 aromatic rings. The van der Waals surface area contributed by atoms with Gasteiger partial charge in [0, 0.05) is 38.2 Å². The summed E-state index contributed by atoms with van der Waals surface area (Å²) < 4.78 is 2.46. The smallest absolute Gasteiger partial charge is 0.164 e. The predicted octanol–water partition coefficient (Wildman–Crippen LogP) is 15.6. The van der Waals surface area contributed by atoms with Crippen LogP contribution in [0.15, 0.2) is 182 Å². The van der Waals surface area contributed by atoms with Gasteiger partial charge >= 0.3 is 0 Å². The Balaban J connectivity index is 1.01. The van der Waals surface area contributed by atoms with Crippen molar-refractivity contribution in [3.8, 4) is 67.5 Å². The molecule has 0 radical (unpaired) electrons. The summed E-state index contributed by atoms with van der Waals surface area (Å²) in [5.74, 6) is 1.94. The Bertz CT molecular complexity index is 3600. The van der Waals surface area contributed by atoms with Gasteiger partial charge in [-0.2, -0.15) is 0 Å². The van der Waals surface area contributed by atoms with Gasteiger partial charge in [-0.25, -0.2) is 15.0 Å². The molecule has 308 valence electrons. The molecule has 0 spiro atoms. The van der Waals surface area contributed by atoms with Crippen molar-refractivity contribution in [2.75, 3.05) is 0 Å². The molecule has 3 heterocycles. The van der Waals surface area contributed by atoms with Crippen molar-refractivity contribution in [1.29, 1.82) is 0 Å². The summed E-state index contributed by atoms with van der Waals surface area (Å²) in [5.41, 5.74) is 16.6. The lowest BCUT2D eigenvalue weighted by Crippen LogP contribution is -2.42. The van der Waals surface area contributed by atoms with Crippen LogP contribution in [0.3, 0.4) is 0 Å². The molecule has 0 aliphatic heterocycles. The largest absolute Gasteiger partial charge is 0.308 e. The van der Waals surface area contributed by atoms with Crippen LogP contribution >= 0.6 is 0 Å². The molecule has 1 aliphatic rings. The molecule has 4 nitrogen and oxygen atoms in total. The number of rotatable bonds is 6. The standard InChI is InChI=1S/C60H48N4/c1-58(2)50-35-47(39-26-30-42(31-27-39)57-62-55(40-18-11-8-12-19-40)61-56(63-57)41-28-24-38(25-29-41)37-16-9-7-10-17-37)48(36-51(50)59(3,4)60(58,5)6)43-32-33-53-49(34-43)46-22-15-21-45-44-20-13-14-23-52(44)64(53)54(45)46/h7-36H,1-6H3. The maximum absolute atomic E-state index is 5.12. The van der Waals surface area contributed by atoms with Crippen LogP contribution in [0.5, 0.6) is 0 Å². The Hall–Kier alpha value is -7.43. The van der Waals surface area contributed by atoms with Crippen molar-refractivity contribution in [2.45, 2.75) is 52.4 Å². The van der Waals surface area contributed by atoms with Gasteiger partial charge in [-0.15, -0.1) is 0 Å². The van der Waals surface area contributed by atoms with Crippen molar-refractivity contribution >= 4 is 38.1 Å². The van der Waals surface area contributed by atoms with Crippen LogP contribution in [0, 0.1) is 5.41 Å². The van der Waals surface area contributed by atoms with E-state index in [0.717, 1.165) is 27.8 Å². The maximum Gasteiger partial charge on any atom is 0.164 e. The molecule has 0 saturated carbocycles. The molecule has 0 fully saturated rings.